The topological polar surface area (TPSA) is 89.9 Å². The van der Waals surface area contributed by atoms with E-state index in [1.165, 1.54) is 36.3 Å². The molecule has 0 unspecified atom stereocenters. The zero-order chi connectivity index (χ0) is 35.7. The van der Waals surface area contributed by atoms with Crippen molar-refractivity contribution >= 4 is 103 Å². The molecule has 50 heavy (non-hydrogen) atoms. The van der Waals surface area contributed by atoms with E-state index in [0.29, 0.717) is 82.4 Å². The van der Waals surface area contributed by atoms with E-state index in [-0.39, 0.29) is 35.7 Å². The number of carbonyl (C=O) groups excluding carboxylic acids is 1. The number of amides is 1. The molecule has 2 aromatic carbocycles. The van der Waals surface area contributed by atoms with E-state index in [2.05, 4.69) is 60.2 Å². The van der Waals surface area contributed by atoms with Crippen molar-refractivity contribution < 1.29 is 27.8 Å². The molecule has 1 amide bonds. The number of hydrogen-bond acceptors (Lipinski definition) is 10. The highest BCUT2D eigenvalue weighted by atomic mass is 127. The van der Waals surface area contributed by atoms with Gasteiger partial charge in [-0.1, -0.05) is 30.7 Å². The Labute approximate surface area is 325 Å². The van der Waals surface area contributed by atoms with Crippen molar-refractivity contribution in [2.45, 2.75) is 57.3 Å². The van der Waals surface area contributed by atoms with Crippen molar-refractivity contribution in [2.75, 3.05) is 44.2 Å². The number of rotatable bonds is 7. The van der Waals surface area contributed by atoms with Crippen LogP contribution in [-0.4, -0.2) is 76.9 Å². The molecule has 264 valence electrons. The molecule has 6 rings (SSSR count). The zero-order valence-electron chi connectivity index (χ0n) is 28.0. The molecule has 4 heterocycles. The minimum atomic E-state index is -0.637. The summed E-state index contributed by atoms with van der Waals surface area (Å²) in [4.78, 5) is 31.6. The SMILES string of the molecule is CCSc1nc2c3c(nc(-c4cc(OCOC)cc5ccc(F)c(C#CSP(I)I)c45)c(F)c3n1)CC[C@@H]1CN(C(=O)OC(C)(C)C)CCN21. The van der Waals surface area contributed by atoms with Gasteiger partial charge in [-0.05, 0) is 124 Å². The van der Waals surface area contributed by atoms with E-state index < -0.39 is 19.6 Å². The molecule has 0 radical (unpaired) electrons. The molecule has 1 atom stereocenters. The Hall–Kier alpha value is -1.97. The summed E-state index contributed by atoms with van der Waals surface area (Å²) < 4.78 is 49.0. The fourth-order valence-corrected chi connectivity index (χ4v) is 9.08. The number of aromatic nitrogens is 3. The fraction of sp³-hybridized carbons (Fsp3) is 0.412. The van der Waals surface area contributed by atoms with Gasteiger partial charge in [0.25, 0.3) is 0 Å². The number of halogens is 4. The van der Waals surface area contributed by atoms with Crippen LogP contribution in [0.15, 0.2) is 29.4 Å². The molecule has 0 saturated carbocycles. The van der Waals surface area contributed by atoms with Gasteiger partial charge in [-0.3, -0.25) is 0 Å². The van der Waals surface area contributed by atoms with Crippen LogP contribution in [0, 0.1) is 22.8 Å². The number of ether oxygens (including phenoxy) is 3. The van der Waals surface area contributed by atoms with Crippen LogP contribution in [0.5, 0.6) is 5.75 Å². The first-order chi connectivity index (χ1) is 23.9. The lowest BCUT2D eigenvalue weighted by Gasteiger charge is -2.41. The third-order valence-electron chi connectivity index (χ3n) is 8.14. The summed E-state index contributed by atoms with van der Waals surface area (Å²) in [6.45, 7) is 8.87. The molecule has 0 spiro atoms. The molecule has 2 aromatic heterocycles. The van der Waals surface area contributed by atoms with Crippen LogP contribution in [0.1, 0.15) is 45.4 Å². The maximum Gasteiger partial charge on any atom is 0.410 e. The van der Waals surface area contributed by atoms with Gasteiger partial charge >= 0.3 is 6.09 Å². The molecule has 0 aliphatic carbocycles. The van der Waals surface area contributed by atoms with Crippen molar-refractivity contribution in [1.29, 1.82) is 0 Å². The number of aryl methyl sites for hydroxylation is 1. The summed E-state index contributed by atoms with van der Waals surface area (Å²) in [6.07, 6.45) is 0.754. The van der Waals surface area contributed by atoms with Gasteiger partial charge in [0.2, 0.25) is 0 Å². The Morgan fingerprint density at radius 3 is 2.66 bits per heavy atom. The summed E-state index contributed by atoms with van der Waals surface area (Å²) >= 11 is 7.44. The molecule has 2 aliphatic heterocycles. The number of carbonyl (C=O) groups is 1. The predicted octanol–water partition coefficient (Wildman–Crippen LogP) is 9.73. The third kappa shape index (κ3) is 8.15. The van der Waals surface area contributed by atoms with Crippen LogP contribution in [0.25, 0.3) is 32.9 Å². The van der Waals surface area contributed by atoms with Gasteiger partial charge in [0.05, 0.1) is 19.1 Å². The summed E-state index contributed by atoms with van der Waals surface area (Å²) in [5.74, 6) is 3.57. The highest BCUT2D eigenvalue weighted by Gasteiger charge is 2.37. The minimum Gasteiger partial charge on any atom is -0.468 e. The monoisotopic (exact) mass is 963 g/mol. The number of hydrogen-bond donors (Lipinski definition) is 0. The normalized spacial score (nSPS) is 15.9. The van der Waals surface area contributed by atoms with E-state index in [0.717, 1.165) is 0 Å². The van der Waals surface area contributed by atoms with E-state index in [9.17, 15) is 4.79 Å². The second-order valence-corrected chi connectivity index (χ2v) is 31.5. The van der Waals surface area contributed by atoms with Crippen LogP contribution < -0.4 is 9.64 Å². The minimum absolute atomic E-state index is 0.0269. The zero-order valence-corrected chi connectivity index (χ0v) is 34.8. The van der Waals surface area contributed by atoms with E-state index >= 15 is 8.78 Å². The largest absolute Gasteiger partial charge is 0.468 e. The second-order valence-electron chi connectivity index (χ2n) is 12.6. The molecule has 9 nitrogen and oxygen atoms in total. The summed E-state index contributed by atoms with van der Waals surface area (Å²) in [7, 11) is 1.51. The molecule has 4 aromatic rings. The Bertz CT molecular complexity index is 2030. The number of anilines is 1. The van der Waals surface area contributed by atoms with E-state index in [4.69, 9.17) is 29.2 Å². The molecule has 0 N–H and O–H groups in total. The second kappa shape index (κ2) is 16.0. The molecule has 1 fully saturated rings. The maximum absolute atomic E-state index is 17.2. The van der Waals surface area contributed by atoms with Gasteiger partial charge in [-0.2, -0.15) is 0 Å². The molecular formula is C34H34F2I2N5O4PS2. The number of benzene rings is 2. The van der Waals surface area contributed by atoms with Gasteiger partial charge in [0.15, 0.2) is 17.8 Å². The summed E-state index contributed by atoms with van der Waals surface area (Å²) in [5, 5.41) is 5.08. The van der Waals surface area contributed by atoms with E-state index in [1.54, 1.807) is 23.1 Å². The molecule has 2 aliphatic rings. The van der Waals surface area contributed by atoms with Crippen LogP contribution in [-0.2, 0) is 15.9 Å². The Morgan fingerprint density at radius 1 is 1.14 bits per heavy atom. The van der Waals surface area contributed by atoms with Gasteiger partial charge in [0, 0.05) is 43.7 Å². The molecule has 1 saturated heterocycles. The standard InChI is InChI=1S/C34H34F2I2N5O4PS2/c1-6-49-32-40-30-27-25(10-8-20-17-42(33(44)47-34(2,3)4)12-13-43(20)31(27)41-32)39-29(28(30)36)23-16-21(46-18-45-5)15-19-7-9-24(35)22(26(19)23)11-14-50-48(37)38/h7,9,15-16,20H,6,8,10,12-13,17-18H2,1-5H3/t20-/m1/s1. The third-order valence-corrected chi connectivity index (χ3v) is 13.4. The van der Waals surface area contributed by atoms with Crippen molar-refractivity contribution in [2.24, 2.45) is 0 Å². The van der Waals surface area contributed by atoms with Crippen molar-refractivity contribution in [3.05, 3.63) is 47.2 Å². The van der Waals surface area contributed by atoms with Crippen LogP contribution >= 0.6 is 69.6 Å². The van der Waals surface area contributed by atoms with Gasteiger partial charge in [-0.25, -0.2) is 28.5 Å². The fourth-order valence-electron chi connectivity index (χ4n) is 6.18. The van der Waals surface area contributed by atoms with Crippen molar-refractivity contribution in [1.82, 2.24) is 19.9 Å². The first-order valence-corrected chi connectivity index (χ1v) is 25.2. The lowest BCUT2D eigenvalue weighted by Crippen LogP contribution is -2.55. The summed E-state index contributed by atoms with van der Waals surface area (Å²) in [5.41, 5.74) is 0.692. The first-order valence-electron chi connectivity index (χ1n) is 15.8. The van der Waals surface area contributed by atoms with E-state index in [1.807, 2.05) is 27.7 Å². The smallest absolute Gasteiger partial charge is 0.410 e. The highest BCUT2D eigenvalue weighted by Crippen LogP contribution is 2.64. The average molecular weight is 964 g/mol. The number of nitrogens with zero attached hydrogens (tertiary/aromatic N) is 5. The number of pyridine rings is 1. The number of piperazine rings is 1. The van der Waals surface area contributed by atoms with Gasteiger partial charge in [0.1, 0.15) is 34.2 Å². The molecular weight excluding hydrogens is 929 g/mol. The predicted molar refractivity (Wildman–Crippen MR) is 216 cm³/mol. The maximum atomic E-state index is 17.2. The number of fused-ring (bicyclic) bond motifs is 3. The van der Waals surface area contributed by atoms with Crippen LogP contribution in [0.2, 0.25) is 0 Å². The number of thioether (sulfide) groups is 1. The van der Waals surface area contributed by atoms with Gasteiger partial charge < -0.3 is 24.0 Å². The Morgan fingerprint density at radius 2 is 1.94 bits per heavy atom. The lowest BCUT2D eigenvalue weighted by molar-refractivity contribution is 0.0212. The van der Waals surface area contributed by atoms with Crippen molar-refractivity contribution in [3.63, 3.8) is 0 Å². The Kier molecular flexibility index (Phi) is 12.1. The first kappa shape index (κ1) is 37.8. The van der Waals surface area contributed by atoms with Gasteiger partial charge in [-0.15, -0.1) is 0 Å². The van der Waals surface area contributed by atoms with Crippen molar-refractivity contribution in [3.8, 4) is 28.2 Å². The molecule has 16 heteroatoms. The Balaban J connectivity index is 1.55. The summed E-state index contributed by atoms with van der Waals surface area (Å²) in [6, 6.07) is 6.32. The quantitative estimate of drug-likeness (QED) is 0.0446. The van der Waals surface area contributed by atoms with Crippen LogP contribution in [0.4, 0.5) is 19.4 Å². The van der Waals surface area contributed by atoms with Crippen LogP contribution in [0.3, 0.4) is 0 Å². The molecule has 0 bridgehead atoms. The average Bonchev–Trinajstić information content (AvgIpc) is 3.22. The highest BCUT2D eigenvalue weighted by molar-refractivity contribution is 14.3. The lowest BCUT2D eigenvalue weighted by atomic mass is 9.95. The number of methoxy groups -OCH3 is 1.